The molecule has 0 saturated carbocycles. The Hall–Kier alpha value is -1.82. The van der Waals surface area contributed by atoms with Crippen LogP contribution in [-0.2, 0) is 0 Å². The van der Waals surface area contributed by atoms with Gasteiger partial charge in [-0.25, -0.2) is 4.79 Å². The van der Waals surface area contributed by atoms with Gasteiger partial charge in [-0.2, -0.15) is 0 Å². The first-order valence-corrected chi connectivity index (χ1v) is 8.35. The zero-order chi connectivity index (χ0) is 16.8. The van der Waals surface area contributed by atoms with Gasteiger partial charge in [0.1, 0.15) is 11.4 Å². The minimum atomic E-state index is -0.195. The molecule has 2 amide bonds. The first-order chi connectivity index (χ1) is 11.0. The topological polar surface area (TPSA) is 70.4 Å². The second kappa shape index (κ2) is 8.15. The SMILES string of the molecule is CCC=C(C)CN1CCC(CNC(=O)Nc2c(C)noc2C)C1. The number of nitrogens with one attached hydrogen (secondary N) is 2. The first kappa shape index (κ1) is 17.5. The monoisotopic (exact) mass is 320 g/mol. The number of rotatable bonds is 6. The van der Waals surface area contributed by atoms with Gasteiger partial charge >= 0.3 is 6.03 Å². The van der Waals surface area contributed by atoms with Crippen molar-refractivity contribution < 1.29 is 9.32 Å². The van der Waals surface area contributed by atoms with Gasteiger partial charge in [-0.05, 0) is 46.1 Å². The molecule has 0 aromatic carbocycles. The van der Waals surface area contributed by atoms with E-state index in [2.05, 4.69) is 40.6 Å². The van der Waals surface area contributed by atoms with Crippen LogP contribution in [0, 0.1) is 19.8 Å². The number of hydrogen-bond donors (Lipinski definition) is 2. The Labute approximate surface area is 138 Å². The summed E-state index contributed by atoms with van der Waals surface area (Å²) < 4.78 is 5.04. The third-order valence-electron chi connectivity index (χ3n) is 4.22. The molecule has 2 N–H and O–H groups in total. The predicted molar refractivity (Wildman–Crippen MR) is 91.6 cm³/mol. The van der Waals surface area contributed by atoms with Crippen LogP contribution < -0.4 is 10.6 Å². The number of carbonyl (C=O) groups excluding carboxylic acids is 1. The van der Waals surface area contributed by atoms with Gasteiger partial charge in [-0.15, -0.1) is 0 Å². The summed E-state index contributed by atoms with van der Waals surface area (Å²) in [6.45, 7) is 11.8. The average Bonchev–Trinajstić information content (AvgIpc) is 3.07. The molecule has 2 rings (SSSR count). The lowest BCUT2D eigenvalue weighted by Crippen LogP contribution is -2.34. The molecular weight excluding hydrogens is 292 g/mol. The zero-order valence-corrected chi connectivity index (χ0v) is 14.6. The smallest absolute Gasteiger partial charge is 0.319 e. The van der Waals surface area contributed by atoms with Gasteiger partial charge in [0.25, 0.3) is 0 Å². The number of likely N-dealkylation sites (tertiary alicyclic amines) is 1. The van der Waals surface area contributed by atoms with Crippen LogP contribution >= 0.6 is 0 Å². The zero-order valence-electron chi connectivity index (χ0n) is 14.6. The van der Waals surface area contributed by atoms with Gasteiger partial charge in [-0.1, -0.05) is 23.7 Å². The fourth-order valence-corrected chi connectivity index (χ4v) is 3.05. The highest BCUT2D eigenvalue weighted by Crippen LogP contribution is 2.19. The van der Waals surface area contributed by atoms with Crippen LogP contribution in [0.25, 0.3) is 0 Å². The number of hydrogen-bond acceptors (Lipinski definition) is 4. The molecular formula is C17H28N4O2. The van der Waals surface area contributed by atoms with Crippen molar-refractivity contribution in [1.29, 1.82) is 0 Å². The molecule has 128 valence electrons. The van der Waals surface area contributed by atoms with E-state index in [9.17, 15) is 4.79 Å². The Kier molecular flexibility index (Phi) is 6.21. The van der Waals surface area contributed by atoms with Crippen molar-refractivity contribution in [1.82, 2.24) is 15.4 Å². The highest BCUT2D eigenvalue weighted by atomic mass is 16.5. The van der Waals surface area contributed by atoms with E-state index < -0.39 is 0 Å². The fourth-order valence-electron chi connectivity index (χ4n) is 3.05. The Morgan fingerprint density at radius 2 is 2.26 bits per heavy atom. The third kappa shape index (κ3) is 5.10. The van der Waals surface area contributed by atoms with Crippen molar-refractivity contribution in [2.45, 2.75) is 40.5 Å². The van der Waals surface area contributed by atoms with Crippen molar-refractivity contribution >= 4 is 11.7 Å². The summed E-state index contributed by atoms with van der Waals surface area (Å²) in [6.07, 6.45) is 4.50. The summed E-state index contributed by atoms with van der Waals surface area (Å²) >= 11 is 0. The van der Waals surface area contributed by atoms with E-state index in [0.29, 0.717) is 29.6 Å². The minimum Gasteiger partial charge on any atom is -0.359 e. The fraction of sp³-hybridized carbons (Fsp3) is 0.647. The lowest BCUT2D eigenvalue weighted by Gasteiger charge is -2.17. The summed E-state index contributed by atoms with van der Waals surface area (Å²) in [5.41, 5.74) is 2.79. The molecule has 1 aromatic heterocycles. The molecule has 1 saturated heterocycles. The number of carbonyl (C=O) groups is 1. The van der Waals surface area contributed by atoms with E-state index in [-0.39, 0.29) is 6.03 Å². The van der Waals surface area contributed by atoms with Gasteiger partial charge in [0, 0.05) is 19.6 Å². The molecule has 2 heterocycles. The maximum atomic E-state index is 12.0. The van der Waals surface area contributed by atoms with Crippen molar-refractivity contribution in [3.63, 3.8) is 0 Å². The lowest BCUT2D eigenvalue weighted by molar-refractivity contribution is 0.250. The second-order valence-corrected chi connectivity index (χ2v) is 6.38. The van der Waals surface area contributed by atoms with E-state index >= 15 is 0 Å². The van der Waals surface area contributed by atoms with Crippen LogP contribution in [0.5, 0.6) is 0 Å². The average molecular weight is 320 g/mol. The highest BCUT2D eigenvalue weighted by Gasteiger charge is 2.23. The number of aromatic nitrogens is 1. The van der Waals surface area contributed by atoms with Crippen LogP contribution in [0.15, 0.2) is 16.2 Å². The van der Waals surface area contributed by atoms with E-state index in [0.717, 1.165) is 32.5 Å². The van der Waals surface area contributed by atoms with Crippen molar-refractivity contribution in [3.05, 3.63) is 23.1 Å². The molecule has 1 unspecified atom stereocenters. The number of nitrogens with zero attached hydrogens (tertiary/aromatic N) is 2. The minimum absolute atomic E-state index is 0.195. The number of urea groups is 1. The highest BCUT2D eigenvalue weighted by molar-refractivity contribution is 5.90. The summed E-state index contributed by atoms with van der Waals surface area (Å²) in [5, 5.41) is 9.60. The molecule has 1 aromatic rings. The molecule has 1 fully saturated rings. The predicted octanol–water partition coefficient (Wildman–Crippen LogP) is 3.09. The Bertz CT molecular complexity index is 545. The standard InChI is InChI=1S/C17H28N4O2/c1-5-6-12(2)10-21-8-7-15(11-21)9-18-17(22)19-16-13(3)20-23-14(16)4/h6,15H,5,7-11H2,1-4H3,(H2,18,19,22). The Morgan fingerprint density at radius 1 is 1.48 bits per heavy atom. The number of amides is 2. The second-order valence-electron chi connectivity index (χ2n) is 6.38. The van der Waals surface area contributed by atoms with Gasteiger partial charge in [0.2, 0.25) is 0 Å². The van der Waals surface area contributed by atoms with Crippen LogP contribution in [0.3, 0.4) is 0 Å². The maximum Gasteiger partial charge on any atom is 0.319 e. The first-order valence-electron chi connectivity index (χ1n) is 8.35. The summed E-state index contributed by atoms with van der Waals surface area (Å²) in [4.78, 5) is 14.5. The quantitative estimate of drug-likeness (QED) is 0.790. The van der Waals surface area contributed by atoms with Crippen LogP contribution in [0.4, 0.5) is 10.5 Å². The molecule has 0 aliphatic carbocycles. The summed E-state index contributed by atoms with van der Waals surface area (Å²) in [6, 6.07) is -0.195. The van der Waals surface area contributed by atoms with E-state index in [1.54, 1.807) is 6.92 Å². The Balaban J connectivity index is 1.72. The van der Waals surface area contributed by atoms with E-state index in [1.165, 1.54) is 5.57 Å². The lowest BCUT2D eigenvalue weighted by atomic mass is 10.1. The largest absolute Gasteiger partial charge is 0.359 e. The molecule has 0 spiro atoms. The molecule has 1 atom stereocenters. The van der Waals surface area contributed by atoms with Gasteiger partial charge in [0.15, 0.2) is 5.76 Å². The molecule has 0 radical (unpaired) electrons. The van der Waals surface area contributed by atoms with Crippen LogP contribution in [0.1, 0.15) is 38.1 Å². The third-order valence-corrected chi connectivity index (χ3v) is 4.22. The molecule has 1 aliphatic heterocycles. The molecule has 23 heavy (non-hydrogen) atoms. The Morgan fingerprint density at radius 3 is 2.91 bits per heavy atom. The summed E-state index contributed by atoms with van der Waals surface area (Å²) in [5.74, 6) is 1.14. The van der Waals surface area contributed by atoms with Crippen molar-refractivity contribution in [2.24, 2.45) is 5.92 Å². The van der Waals surface area contributed by atoms with Crippen molar-refractivity contribution in [3.8, 4) is 0 Å². The van der Waals surface area contributed by atoms with E-state index in [4.69, 9.17) is 4.52 Å². The van der Waals surface area contributed by atoms with Crippen molar-refractivity contribution in [2.75, 3.05) is 31.5 Å². The molecule has 1 aliphatic rings. The number of anilines is 1. The number of allylic oxidation sites excluding steroid dienone is 1. The maximum absolute atomic E-state index is 12.0. The van der Waals surface area contributed by atoms with Gasteiger partial charge < -0.3 is 15.2 Å². The molecule has 6 heteroatoms. The van der Waals surface area contributed by atoms with E-state index in [1.807, 2.05) is 6.92 Å². The number of aryl methyl sites for hydroxylation is 2. The van der Waals surface area contributed by atoms with Gasteiger partial charge in [-0.3, -0.25) is 4.90 Å². The van der Waals surface area contributed by atoms with Gasteiger partial charge in [0.05, 0.1) is 0 Å². The normalized spacial score (nSPS) is 19.1. The molecule has 6 nitrogen and oxygen atoms in total. The van der Waals surface area contributed by atoms with Crippen LogP contribution in [-0.4, -0.2) is 42.3 Å². The summed E-state index contributed by atoms with van der Waals surface area (Å²) in [7, 11) is 0. The molecule has 0 bridgehead atoms. The van der Waals surface area contributed by atoms with Crippen LogP contribution in [0.2, 0.25) is 0 Å².